The fraction of sp³-hybridized carbons (Fsp3) is 0.267. The maximum atomic E-state index is 12.3. The Labute approximate surface area is 141 Å². The predicted molar refractivity (Wildman–Crippen MR) is 86.7 cm³/mol. The molecule has 1 amide bonds. The molecule has 2 N–H and O–H groups in total. The van der Waals surface area contributed by atoms with Crippen molar-refractivity contribution in [1.82, 2.24) is 10.5 Å². The maximum Gasteiger partial charge on any atom is 0.330 e. The number of amides is 1. The molecule has 8 heteroatoms. The minimum absolute atomic E-state index is 0.0254. The third kappa shape index (κ3) is 3.07. The topological polar surface area (TPSA) is 92.4 Å². The van der Waals surface area contributed by atoms with Crippen molar-refractivity contribution in [1.29, 1.82) is 0 Å². The van der Waals surface area contributed by atoms with E-state index in [1.807, 2.05) is 0 Å². The smallest absolute Gasteiger partial charge is 0.330 e. The highest BCUT2D eigenvalue weighted by Crippen LogP contribution is 2.30. The third-order valence-corrected chi connectivity index (χ3v) is 5.19. The summed E-state index contributed by atoms with van der Waals surface area (Å²) in [6, 6.07) is 8.47. The number of hydrogen-bond acceptors (Lipinski definition) is 5. The Kier molecular flexibility index (Phi) is 4.32. The van der Waals surface area contributed by atoms with Crippen molar-refractivity contribution in [3.05, 3.63) is 41.0 Å². The molecular weight excluding hydrogens is 340 g/mol. The van der Waals surface area contributed by atoms with E-state index in [0.29, 0.717) is 34.3 Å². The molecule has 0 saturated carbocycles. The average Bonchev–Trinajstić information content (AvgIpc) is 3.17. The van der Waals surface area contributed by atoms with E-state index in [-0.39, 0.29) is 5.69 Å². The number of hydrogen-bond donors (Lipinski definition) is 2. The Morgan fingerprint density at radius 2 is 2.17 bits per heavy atom. The lowest BCUT2D eigenvalue weighted by atomic mass is 9.99. The minimum atomic E-state index is -1.24. The zero-order chi connectivity index (χ0) is 16.4. The number of rotatable bonds is 4. The van der Waals surface area contributed by atoms with E-state index in [2.05, 4.69) is 10.5 Å². The second-order valence-corrected chi connectivity index (χ2v) is 6.71. The van der Waals surface area contributed by atoms with Gasteiger partial charge in [-0.3, -0.25) is 4.79 Å². The highest BCUT2D eigenvalue weighted by molar-refractivity contribution is 7.99. The third-order valence-electron chi connectivity index (χ3n) is 3.67. The van der Waals surface area contributed by atoms with Crippen LogP contribution in [-0.2, 0) is 4.79 Å². The molecule has 1 aliphatic rings. The second kappa shape index (κ2) is 6.25. The fourth-order valence-corrected chi connectivity index (χ4v) is 3.89. The molecule has 0 bridgehead atoms. The van der Waals surface area contributed by atoms with Crippen molar-refractivity contribution in [2.45, 2.75) is 12.0 Å². The van der Waals surface area contributed by atoms with Gasteiger partial charge in [-0.2, -0.15) is 11.8 Å². The first-order valence-electron chi connectivity index (χ1n) is 6.87. The summed E-state index contributed by atoms with van der Waals surface area (Å²) in [4.78, 5) is 23.8. The van der Waals surface area contributed by atoms with Crippen LogP contribution in [0.4, 0.5) is 0 Å². The van der Waals surface area contributed by atoms with Crippen LogP contribution in [0.5, 0.6) is 0 Å². The number of carbonyl (C=O) groups is 2. The molecule has 0 aliphatic carbocycles. The van der Waals surface area contributed by atoms with Crippen LogP contribution in [0.1, 0.15) is 16.9 Å². The Balaban J connectivity index is 1.82. The molecule has 120 valence electrons. The van der Waals surface area contributed by atoms with E-state index in [4.69, 9.17) is 16.1 Å². The van der Waals surface area contributed by atoms with Gasteiger partial charge in [0, 0.05) is 17.4 Å². The lowest BCUT2D eigenvalue weighted by Crippen LogP contribution is -2.54. The van der Waals surface area contributed by atoms with Crippen molar-refractivity contribution in [3.63, 3.8) is 0 Å². The van der Waals surface area contributed by atoms with Crippen molar-refractivity contribution in [3.8, 4) is 11.3 Å². The number of carbonyl (C=O) groups excluding carboxylic acids is 1. The number of aromatic nitrogens is 1. The van der Waals surface area contributed by atoms with Gasteiger partial charge in [-0.25, -0.2) is 4.79 Å². The van der Waals surface area contributed by atoms with E-state index in [1.165, 1.54) is 17.8 Å². The normalized spacial score (nSPS) is 20.4. The zero-order valence-corrected chi connectivity index (χ0v) is 13.5. The van der Waals surface area contributed by atoms with E-state index < -0.39 is 17.4 Å². The van der Waals surface area contributed by atoms with Gasteiger partial charge in [-0.1, -0.05) is 28.9 Å². The Morgan fingerprint density at radius 1 is 1.39 bits per heavy atom. The van der Waals surface area contributed by atoms with Crippen LogP contribution in [0, 0.1) is 0 Å². The Bertz CT molecular complexity index is 755. The number of aliphatic carboxylic acids is 1. The van der Waals surface area contributed by atoms with Crippen molar-refractivity contribution < 1.29 is 19.2 Å². The molecule has 0 spiro atoms. The number of nitrogens with one attached hydrogen (secondary N) is 1. The summed E-state index contributed by atoms with van der Waals surface area (Å²) >= 11 is 7.57. The molecule has 1 aliphatic heterocycles. The molecule has 1 aromatic heterocycles. The van der Waals surface area contributed by atoms with Crippen LogP contribution in [-0.4, -0.2) is 39.2 Å². The molecule has 23 heavy (non-hydrogen) atoms. The van der Waals surface area contributed by atoms with E-state index in [1.54, 1.807) is 24.3 Å². The van der Waals surface area contributed by atoms with Gasteiger partial charge in [0.05, 0.1) is 5.02 Å². The van der Waals surface area contributed by atoms with Gasteiger partial charge in [0.15, 0.2) is 11.5 Å². The quantitative estimate of drug-likeness (QED) is 0.878. The van der Waals surface area contributed by atoms with Crippen molar-refractivity contribution in [2.75, 3.05) is 11.5 Å². The number of thioether (sulfide) groups is 1. The summed E-state index contributed by atoms with van der Waals surface area (Å²) < 4.78 is 5.16. The zero-order valence-electron chi connectivity index (χ0n) is 11.9. The SMILES string of the molecule is O=C(NC1(C(=O)O)CCSC1)c1cc(-c2ccccc2Cl)on1. The van der Waals surface area contributed by atoms with Crippen LogP contribution >= 0.6 is 23.4 Å². The number of halogens is 1. The fourth-order valence-electron chi connectivity index (χ4n) is 2.34. The molecule has 3 rings (SSSR count). The van der Waals surface area contributed by atoms with Gasteiger partial charge in [0.2, 0.25) is 0 Å². The van der Waals surface area contributed by atoms with Crippen LogP contribution < -0.4 is 5.32 Å². The summed E-state index contributed by atoms with van der Waals surface area (Å²) in [6.07, 6.45) is 0.383. The van der Waals surface area contributed by atoms with Crippen molar-refractivity contribution >= 4 is 35.2 Å². The number of benzene rings is 1. The van der Waals surface area contributed by atoms with E-state index in [9.17, 15) is 14.7 Å². The Morgan fingerprint density at radius 3 is 2.83 bits per heavy atom. The monoisotopic (exact) mass is 352 g/mol. The van der Waals surface area contributed by atoms with E-state index >= 15 is 0 Å². The summed E-state index contributed by atoms with van der Waals surface area (Å²) in [5.74, 6) is -0.229. The molecule has 2 heterocycles. The average molecular weight is 353 g/mol. The van der Waals surface area contributed by atoms with E-state index in [0.717, 1.165) is 0 Å². The van der Waals surface area contributed by atoms with Crippen LogP contribution in [0.25, 0.3) is 11.3 Å². The van der Waals surface area contributed by atoms with Crippen LogP contribution in [0.3, 0.4) is 0 Å². The summed E-state index contributed by atoms with van der Waals surface area (Å²) in [5, 5.41) is 16.2. The van der Waals surface area contributed by atoms with Crippen molar-refractivity contribution in [2.24, 2.45) is 0 Å². The second-order valence-electron chi connectivity index (χ2n) is 5.20. The van der Waals surface area contributed by atoms with Crippen LogP contribution in [0.15, 0.2) is 34.9 Å². The standard InChI is InChI=1S/C15H13ClN2O4S/c16-10-4-2-1-3-9(10)12-7-11(18-22-12)13(19)17-15(14(20)21)5-6-23-8-15/h1-4,7H,5-6,8H2,(H,17,19)(H,20,21). The van der Waals surface area contributed by atoms with Gasteiger partial charge in [-0.05, 0) is 24.3 Å². The lowest BCUT2D eigenvalue weighted by Gasteiger charge is -2.23. The molecular formula is C15H13ClN2O4S. The van der Waals surface area contributed by atoms with Gasteiger partial charge in [-0.15, -0.1) is 0 Å². The Hall–Kier alpha value is -1.99. The van der Waals surface area contributed by atoms with Gasteiger partial charge in [0.25, 0.3) is 5.91 Å². The first kappa shape index (κ1) is 15.9. The number of nitrogens with zero attached hydrogens (tertiary/aromatic N) is 1. The molecule has 1 unspecified atom stereocenters. The van der Waals surface area contributed by atoms with Crippen LogP contribution in [0.2, 0.25) is 5.02 Å². The first-order chi connectivity index (χ1) is 11.0. The van der Waals surface area contributed by atoms with Gasteiger partial charge < -0.3 is 14.9 Å². The highest BCUT2D eigenvalue weighted by atomic mass is 35.5. The first-order valence-corrected chi connectivity index (χ1v) is 8.40. The number of carboxylic acids is 1. The molecule has 6 nitrogen and oxygen atoms in total. The maximum absolute atomic E-state index is 12.3. The molecule has 1 aromatic carbocycles. The largest absolute Gasteiger partial charge is 0.479 e. The van der Waals surface area contributed by atoms with Gasteiger partial charge in [0.1, 0.15) is 5.54 Å². The van der Waals surface area contributed by atoms with Gasteiger partial charge >= 0.3 is 5.97 Å². The molecule has 2 aromatic rings. The lowest BCUT2D eigenvalue weighted by molar-refractivity contribution is -0.143. The minimum Gasteiger partial charge on any atom is -0.479 e. The molecule has 1 atom stereocenters. The molecule has 1 saturated heterocycles. The number of carboxylic acid groups (broad SMARTS) is 1. The summed E-state index contributed by atoms with van der Waals surface area (Å²) in [5.41, 5.74) is -0.604. The predicted octanol–water partition coefficient (Wildman–Crippen LogP) is 2.69. The summed E-state index contributed by atoms with van der Waals surface area (Å²) in [6.45, 7) is 0. The molecule has 1 fully saturated rings. The molecule has 0 radical (unpaired) electrons. The summed E-state index contributed by atoms with van der Waals surface area (Å²) in [7, 11) is 0. The highest BCUT2D eigenvalue weighted by Gasteiger charge is 2.43.